The average Bonchev–Trinajstić information content (AvgIpc) is 2.11. The lowest BCUT2D eigenvalue weighted by atomic mass is 10.0. The summed E-state index contributed by atoms with van der Waals surface area (Å²) in [7, 11) is 0. The van der Waals surface area contributed by atoms with E-state index in [1.807, 2.05) is 0 Å². The fourth-order valence-electron chi connectivity index (χ4n) is 1.36. The maximum absolute atomic E-state index is 13.4. The Morgan fingerprint density at radius 1 is 1.47 bits per heavy atom. The predicted octanol–water partition coefficient (Wildman–Crippen LogP) is 3.58. The Labute approximate surface area is 92.5 Å². The molecule has 0 radical (unpaired) electrons. The minimum atomic E-state index is -0.662. The summed E-state index contributed by atoms with van der Waals surface area (Å²) in [5, 5.41) is -0.247. The molecule has 0 aliphatic heterocycles. The Morgan fingerprint density at radius 2 is 2.00 bits per heavy atom. The van der Waals surface area contributed by atoms with Crippen LogP contribution in [0.15, 0.2) is 24.3 Å². The second-order valence-corrected chi connectivity index (χ2v) is 3.90. The van der Waals surface area contributed by atoms with Crippen molar-refractivity contribution in [1.82, 2.24) is 0 Å². The van der Waals surface area contributed by atoms with Gasteiger partial charge in [0.2, 0.25) is 0 Å². The number of hydrogen-bond donors (Lipinski definition) is 1. The van der Waals surface area contributed by atoms with Gasteiger partial charge in [0.05, 0.1) is 5.02 Å². The molecule has 82 valence electrons. The van der Waals surface area contributed by atoms with Crippen LogP contribution in [-0.2, 0) is 0 Å². The minimum Gasteiger partial charge on any atom is -0.324 e. The van der Waals surface area contributed by atoms with E-state index in [-0.39, 0.29) is 10.6 Å². The molecule has 15 heavy (non-hydrogen) atoms. The van der Waals surface area contributed by atoms with Gasteiger partial charge in [-0.2, -0.15) is 0 Å². The summed E-state index contributed by atoms with van der Waals surface area (Å²) in [5.74, 6) is -1.25. The Bertz CT molecular complexity index is 390. The van der Waals surface area contributed by atoms with Crippen LogP contribution < -0.4 is 5.73 Å². The summed E-state index contributed by atoms with van der Waals surface area (Å²) in [6.07, 6.45) is 0.375. The maximum atomic E-state index is 13.4. The van der Waals surface area contributed by atoms with Crippen molar-refractivity contribution in [2.75, 3.05) is 0 Å². The zero-order chi connectivity index (χ0) is 11.6. The normalized spacial score (nSPS) is 12.6. The third kappa shape index (κ3) is 2.76. The molecule has 1 atom stereocenters. The largest absolute Gasteiger partial charge is 0.324 e. The fourth-order valence-corrected chi connectivity index (χ4v) is 1.65. The topological polar surface area (TPSA) is 26.0 Å². The van der Waals surface area contributed by atoms with Crippen molar-refractivity contribution in [3.05, 3.63) is 46.5 Å². The van der Waals surface area contributed by atoms with Gasteiger partial charge in [0, 0.05) is 11.6 Å². The zero-order valence-electron chi connectivity index (χ0n) is 8.36. The highest BCUT2D eigenvalue weighted by atomic mass is 35.5. The van der Waals surface area contributed by atoms with Gasteiger partial charge < -0.3 is 5.73 Å². The lowest BCUT2D eigenvalue weighted by Crippen LogP contribution is -2.13. The number of benzene rings is 1. The summed E-state index contributed by atoms with van der Waals surface area (Å²) in [6.45, 7) is 5.43. The molecule has 1 aromatic carbocycles. The second-order valence-electron chi connectivity index (χ2n) is 3.52. The zero-order valence-corrected chi connectivity index (χ0v) is 9.11. The van der Waals surface area contributed by atoms with Crippen molar-refractivity contribution in [2.45, 2.75) is 19.4 Å². The monoisotopic (exact) mass is 231 g/mol. The van der Waals surface area contributed by atoms with Crippen LogP contribution >= 0.6 is 11.6 Å². The van der Waals surface area contributed by atoms with E-state index >= 15 is 0 Å². The van der Waals surface area contributed by atoms with Gasteiger partial charge >= 0.3 is 0 Å². The molecule has 1 nitrogen and oxygen atoms in total. The van der Waals surface area contributed by atoms with Crippen LogP contribution in [0.2, 0.25) is 5.02 Å². The molecule has 1 aromatic rings. The first-order valence-corrected chi connectivity index (χ1v) is 4.84. The summed E-state index contributed by atoms with van der Waals surface area (Å²) < 4.78 is 26.5. The number of hydrogen-bond acceptors (Lipinski definition) is 1. The quantitative estimate of drug-likeness (QED) is 0.625. The summed E-state index contributed by atoms with van der Waals surface area (Å²) in [5.41, 5.74) is 6.52. The first-order valence-electron chi connectivity index (χ1n) is 4.46. The van der Waals surface area contributed by atoms with Crippen LogP contribution in [0.3, 0.4) is 0 Å². The van der Waals surface area contributed by atoms with Crippen LogP contribution in [0.4, 0.5) is 8.78 Å². The van der Waals surface area contributed by atoms with Gasteiger partial charge in [-0.05, 0) is 25.5 Å². The van der Waals surface area contributed by atoms with Gasteiger partial charge in [0.15, 0.2) is 0 Å². The van der Waals surface area contributed by atoms with Crippen molar-refractivity contribution < 1.29 is 8.78 Å². The highest BCUT2D eigenvalue weighted by Crippen LogP contribution is 2.29. The van der Waals surface area contributed by atoms with Crippen molar-refractivity contribution in [3.8, 4) is 0 Å². The van der Waals surface area contributed by atoms with E-state index in [4.69, 9.17) is 17.3 Å². The molecule has 2 N–H and O–H groups in total. The first kappa shape index (κ1) is 12.1. The molecule has 0 unspecified atom stereocenters. The molecule has 4 heteroatoms. The third-order valence-electron chi connectivity index (χ3n) is 2.02. The Balaban J connectivity index is 3.12. The summed E-state index contributed by atoms with van der Waals surface area (Å²) in [6, 6.07) is 1.34. The molecular formula is C11H12ClF2N. The van der Waals surface area contributed by atoms with Gasteiger partial charge in [-0.3, -0.25) is 0 Å². The van der Waals surface area contributed by atoms with E-state index in [9.17, 15) is 8.78 Å². The van der Waals surface area contributed by atoms with E-state index in [1.54, 1.807) is 6.92 Å². The maximum Gasteiger partial charge on any atom is 0.142 e. The molecule has 1 rings (SSSR count). The van der Waals surface area contributed by atoms with E-state index < -0.39 is 17.7 Å². The van der Waals surface area contributed by atoms with Gasteiger partial charge in [0.25, 0.3) is 0 Å². The van der Waals surface area contributed by atoms with Gasteiger partial charge in [0.1, 0.15) is 11.6 Å². The summed E-state index contributed by atoms with van der Waals surface area (Å²) >= 11 is 5.65. The lowest BCUT2D eigenvalue weighted by Gasteiger charge is -2.14. The molecule has 0 aliphatic carbocycles. The molecule has 0 aliphatic rings. The molecule has 0 heterocycles. The SMILES string of the molecule is C=C(C)C[C@@H](N)c1c(F)ccc(F)c1Cl. The molecular weight excluding hydrogens is 220 g/mol. The smallest absolute Gasteiger partial charge is 0.142 e. The number of rotatable bonds is 3. The van der Waals surface area contributed by atoms with Crippen LogP contribution in [0.1, 0.15) is 24.9 Å². The molecule has 0 fully saturated rings. The summed E-state index contributed by atoms with van der Waals surface area (Å²) in [4.78, 5) is 0. The Kier molecular flexibility index (Phi) is 3.83. The third-order valence-corrected chi connectivity index (χ3v) is 2.40. The molecule has 0 amide bonds. The molecule has 0 spiro atoms. The molecule has 0 saturated carbocycles. The van der Waals surface area contributed by atoms with Crippen LogP contribution in [0.25, 0.3) is 0 Å². The van der Waals surface area contributed by atoms with Gasteiger partial charge in [-0.15, -0.1) is 6.58 Å². The van der Waals surface area contributed by atoms with E-state index in [2.05, 4.69) is 6.58 Å². The van der Waals surface area contributed by atoms with Crippen molar-refractivity contribution in [2.24, 2.45) is 5.73 Å². The number of halogens is 3. The number of nitrogens with two attached hydrogens (primary N) is 1. The van der Waals surface area contributed by atoms with E-state index in [1.165, 1.54) is 0 Å². The standard InChI is InChI=1S/C11H12ClF2N/c1-6(2)5-9(15)10-7(13)3-4-8(14)11(10)12/h3-4,9H,1,5,15H2,2H3/t9-/m1/s1. The Hall–Kier alpha value is -0.930. The van der Waals surface area contributed by atoms with Crippen molar-refractivity contribution >= 4 is 11.6 Å². The first-order chi connectivity index (χ1) is 6.93. The molecule has 0 aromatic heterocycles. The highest BCUT2D eigenvalue weighted by molar-refractivity contribution is 6.31. The van der Waals surface area contributed by atoms with Crippen LogP contribution in [0.5, 0.6) is 0 Å². The molecule has 0 saturated heterocycles. The van der Waals surface area contributed by atoms with E-state index in [0.29, 0.717) is 6.42 Å². The lowest BCUT2D eigenvalue weighted by molar-refractivity contribution is 0.561. The van der Waals surface area contributed by atoms with Crippen molar-refractivity contribution in [1.29, 1.82) is 0 Å². The van der Waals surface area contributed by atoms with Crippen LogP contribution in [-0.4, -0.2) is 0 Å². The Morgan fingerprint density at radius 3 is 2.53 bits per heavy atom. The second kappa shape index (κ2) is 4.73. The van der Waals surface area contributed by atoms with E-state index in [0.717, 1.165) is 17.7 Å². The van der Waals surface area contributed by atoms with Gasteiger partial charge in [-0.1, -0.05) is 17.2 Å². The van der Waals surface area contributed by atoms with Gasteiger partial charge in [-0.25, -0.2) is 8.78 Å². The molecule has 0 bridgehead atoms. The highest BCUT2D eigenvalue weighted by Gasteiger charge is 2.18. The van der Waals surface area contributed by atoms with Crippen molar-refractivity contribution in [3.63, 3.8) is 0 Å². The predicted molar refractivity (Wildman–Crippen MR) is 57.7 cm³/mol. The fraction of sp³-hybridized carbons (Fsp3) is 0.273. The van der Waals surface area contributed by atoms with Crippen LogP contribution in [0, 0.1) is 11.6 Å². The minimum absolute atomic E-state index is 0.0136. The average molecular weight is 232 g/mol.